The number of ether oxygens (including phenoxy) is 1. The van der Waals surface area contributed by atoms with Gasteiger partial charge in [-0.05, 0) is 50.9 Å². The lowest BCUT2D eigenvalue weighted by Gasteiger charge is -2.48. The zero-order valence-corrected chi connectivity index (χ0v) is 12.7. The number of likely N-dealkylation sites (tertiary alicyclic amines) is 1. The van der Waals surface area contributed by atoms with Crippen LogP contribution in [0.3, 0.4) is 0 Å². The lowest BCUT2D eigenvalue weighted by atomic mass is 9.80. The molecule has 0 aliphatic carbocycles. The van der Waals surface area contributed by atoms with Gasteiger partial charge in [0.2, 0.25) is 0 Å². The Morgan fingerprint density at radius 2 is 1.95 bits per heavy atom. The van der Waals surface area contributed by atoms with Crippen molar-refractivity contribution in [3.05, 3.63) is 28.8 Å². The van der Waals surface area contributed by atoms with Gasteiger partial charge in [-0.3, -0.25) is 4.90 Å². The van der Waals surface area contributed by atoms with E-state index in [9.17, 15) is 0 Å². The molecule has 0 radical (unpaired) electrons. The molecule has 1 unspecified atom stereocenters. The third kappa shape index (κ3) is 2.04. The molecule has 1 saturated heterocycles. The molecule has 3 nitrogen and oxygen atoms in total. The Morgan fingerprint density at radius 1 is 1.20 bits per heavy atom. The fraction of sp³-hybridized carbons (Fsp3) is 0.647. The van der Waals surface area contributed by atoms with Crippen molar-refractivity contribution in [2.45, 2.75) is 45.1 Å². The molecule has 1 aromatic carbocycles. The lowest BCUT2D eigenvalue weighted by molar-refractivity contribution is 0.0329. The summed E-state index contributed by atoms with van der Waals surface area (Å²) in [6.45, 7) is 8.12. The van der Waals surface area contributed by atoms with E-state index < -0.39 is 0 Å². The van der Waals surface area contributed by atoms with Crippen LogP contribution in [0.5, 0.6) is 5.75 Å². The van der Waals surface area contributed by atoms with Gasteiger partial charge in [0.05, 0.1) is 12.1 Å². The van der Waals surface area contributed by atoms with Crippen molar-refractivity contribution in [1.82, 2.24) is 4.90 Å². The van der Waals surface area contributed by atoms with Crippen molar-refractivity contribution in [2.75, 3.05) is 26.2 Å². The van der Waals surface area contributed by atoms with Crippen LogP contribution in [0.4, 0.5) is 0 Å². The predicted molar refractivity (Wildman–Crippen MR) is 82.2 cm³/mol. The zero-order valence-electron chi connectivity index (χ0n) is 12.7. The molecule has 0 aromatic heterocycles. The van der Waals surface area contributed by atoms with Gasteiger partial charge in [0.1, 0.15) is 5.75 Å². The van der Waals surface area contributed by atoms with Gasteiger partial charge in [0, 0.05) is 18.5 Å². The lowest BCUT2D eigenvalue weighted by Crippen LogP contribution is -2.55. The Balaban J connectivity index is 2.08. The molecule has 0 amide bonds. The smallest absolute Gasteiger partial charge is 0.127 e. The van der Waals surface area contributed by atoms with Gasteiger partial charge in [-0.1, -0.05) is 18.6 Å². The number of hydrogen-bond acceptors (Lipinski definition) is 3. The molecule has 3 rings (SSSR count). The molecule has 1 fully saturated rings. The fourth-order valence-electron chi connectivity index (χ4n) is 3.79. The highest BCUT2D eigenvalue weighted by Crippen LogP contribution is 2.44. The summed E-state index contributed by atoms with van der Waals surface area (Å²) in [5.74, 6) is 1.09. The summed E-state index contributed by atoms with van der Waals surface area (Å²) in [4.78, 5) is 2.62. The quantitative estimate of drug-likeness (QED) is 0.901. The van der Waals surface area contributed by atoms with E-state index in [1.807, 2.05) is 0 Å². The van der Waals surface area contributed by atoms with E-state index in [1.54, 1.807) is 0 Å². The fourth-order valence-corrected chi connectivity index (χ4v) is 3.79. The highest BCUT2D eigenvalue weighted by atomic mass is 16.5. The van der Waals surface area contributed by atoms with E-state index in [4.69, 9.17) is 10.5 Å². The first kappa shape index (κ1) is 13.9. The van der Waals surface area contributed by atoms with Crippen molar-refractivity contribution < 1.29 is 4.74 Å². The normalized spacial score (nSPS) is 26.9. The summed E-state index contributed by atoms with van der Waals surface area (Å²) in [5, 5.41) is 0. The van der Waals surface area contributed by atoms with Crippen molar-refractivity contribution in [3.63, 3.8) is 0 Å². The number of benzene rings is 1. The SMILES string of the molecule is Cc1ccc2c(c1C)OCCC2(CN)N1CCCCC1. The topological polar surface area (TPSA) is 38.5 Å². The van der Waals surface area contributed by atoms with E-state index in [0.717, 1.165) is 18.8 Å². The molecule has 1 aromatic rings. The van der Waals surface area contributed by atoms with Crippen molar-refractivity contribution >= 4 is 0 Å². The molecule has 2 aliphatic rings. The first-order valence-corrected chi connectivity index (χ1v) is 7.87. The Labute approximate surface area is 122 Å². The number of hydrogen-bond donors (Lipinski definition) is 1. The second kappa shape index (κ2) is 5.38. The number of rotatable bonds is 2. The highest BCUT2D eigenvalue weighted by molar-refractivity contribution is 5.50. The van der Waals surface area contributed by atoms with Crippen molar-refractivity contribution in [3.8, 4) is 5.75 Å². The minimum absolute atomic E-state index is 0.00748. The molecule has 1 atom stereocenters. The van der Waals surface area contributed by atoms with Gasteiger partial charge >= 0.3 is 0 Å². The largest absolute Gasteiger partial charge is 0.493 e. The van der Waals surface area contributed by atoms with E-state index in [2.05, 4.69) is 30.9 Å². The van der Waals surface area contributed by atoms with Gasteiger partial charge in [-0.2, -0.15) is 0 Å². The molecule has 2 aliphatic heterocycles. The van der Waals surface area contributed by atoms with E-state index >= 15 is 0 Å². The molecular weight excluding hydrogens is 248 g/mol. The number of aryl methyl sites for hydroxylation is 1. The van der Waals surface area contributed by atoms with Crippen molar-refractivity contribution in [1.29, 1.82) is 0 Å². The van der Waals surface area contributed by atoms with Gasteiger partial charge in [-0.15, -0.1) is 0 Å². The molecule has 3 heteroatoms. The highest BCUT2D eigenvalue weighted by Gasteiger charge is 2.42. The number of nitrogens with zero attached hydrogens (tertiary/aromatic N) is 1. The van der Waals surface area contributed by atoms with Crippen LogP contribution in [0.15, 0.2) is 12.1 Å². The van der Waals surface area contributed by atoms with Crippen LogP contribution in [-0.2, 0) is 5.54 Å². The average Bonchev–Trinajstić information content (AvgIpc) is 2.51. The third-order valence-electron chi connectivity index (χ3n) is 5.24. The number of piperidine rings is 1. The summed E-state index contributed by atoms with van der Waals surface area (Å²) in [5.41, 5.74) is 10.2. The van der Waals surface area contributed by atoms with Crippen LogP contribution >= 0.6 is 0 Å². The second-order valence-corrected chi connectivity index (χ2v) is 6.27. The maximum atomic E-state index is 6.27. The van der Waals surface area contributed by atoms with Crippen LogP contribution < -0.4 is 10.5 Å². The molecule has 2 heterocycles. The molecule has 20 heavy (non-hydrogen) atoms. The first-order valence-electron chi connectivity index (χ1n) is 7.87. The molecule has 0 saturated carbocycles. The minimum atomic E-state index is -0.00748. The molecule has 0 spiro atoms. The minimum Gasteiger partial charge on any atom is -0.493 e. The van der Waals surface area contributed by atoms with E-state index in [-0.39, 0.29) is 5.54 Å². The maximum absolute atomic E-state index is 6.27. The summed E-state index contributed by atoms with van der Waals surface area (Å²) >= 11 is 0. The molecular formula is C17H26N2O. The molecule has 0 bridgehead atoms. The van der Waals surface area contributed by atoms with Crippen LogP contribution in [0.2, 0.25) is 0 Å². The monoisotopic (exact) mass is 274 g/mol. The summed E-state index contributed by atoms with van der Waals surface area (Å²) in [6, 6.07) is 4.47. The van der Waals surface area contributed by atoms with Crippen LogP contribution in [0, 0.1) is 13.8 Å². The van der Waals surface area contributed by atoms with E-state index in [0.29, 0.717) is 6.54 Å². The Morgan fingerprint density at radius 3 is 2.65 bits per heavy atom. The average molecular weight is 274 g/mol. The Bertz CT molecular complexity index is 494. The van der Waals surface area contributed by atoms with Gasteiger partial charge in [-0.25, -0.2) is 0 Å². The van der Waals surface area contributed by atoms with E-state index in [1.165, 1.54) is 49.0 Å². The second-order valence-electron chi connectivity index (χ2n) is 6.27. The number of fused-ring (bicyclic) bond motifs is 1. The summed E-state index contributed by atoms with van der Waals surface area (Å²) in [7, 11) is 0. The summed E-state index contributed by atoms with van der Waals surface area (Å²) in [6.07, 6.45) is 4.96. The van der Waals surface area contributed by atoms with Crippen LogP contribution in [-0.4, -0.2) is 31.1 Å². The van der Waals surface area contributed by atoms with Gasteiger partial charge in [0.25, 0.3) is 0 Å². The predicted octanol–water partition coefficient (Wildman–Crippen LogP) is 2.73. The van der Waals surface area contributed by atoms with Crippen molar-refractivity contribution in [2.24, 2.45) is 5.73 Å². The Kier molecular flexibility index (Phi) is 3.74. The number of nitrogens with two attached hydrogens (primary N) is 1. The molecule has 2 N–H and O–H groups in total. The van der Waals surface area contributed by atoms with Gasteiger partial charge < -0.3 is 10.5 Å². The first-order chi connectivity index (χ1) is 9.69. The van der Waals surface area contributed by atoms with Gasteiger partial charge in [0.15, 0.2) is 0 Å². The molecule has 110 valence electrons. The third-order valence-corrected chi connectivity index (χ3v) is 5.24. The zero-order chi connectivity index (χ0) is 14.2. The van der Waals surface area contributed by atoms with Crippen LogP contribution in [0.25, 0.3) is 0 Å². The Hall–Kier alpha value is -1.06. The summed E-state index contributed by atoms with van der Waals surface area (Å²) < 4.78 is 6.00. The standard InChI is InChI=1S/C17H26N2O/c1-13-6-7-15-16(14(13)2)20-11-8-17(15,12-18)19-9-4-3-5-10-19/h6-7H,3-5,8-12,18H2,1-2H3. The van der Waals surface area contributed by atoms with Crippen LogP contribution in [0.1, 0.15) is 42.4 Å². The maximum Gasteiger partial charge on any atom is 0.127 e.